The highest BCUT2D eigenvalue weighted by atomic mass is 16.5. The molecule has 1 aromatic carbocycles. The van der Waals surface area contributed by atoms with E-state index < -0.39 is 0 Å². The van der Waals surface area contributed by atoms with E-state index in [2.05, 4.69) is 45.0 Å². The van der Waals surface area contributed by atoms with Crippen molar-refractivity contribution in [2.45, 2.75) is 39.0 Å². The van der Waals surface area contributed by atoms with E-state index in [-0.39, 0.29) is 10.8 Å². The first kappa shape index (κ1) is 19.7. The van der Waals surface area contributed by atoms with Crippen molar-refractivity contribution in [3.63, 3.8) is 0 Å². The lowest BCUT2D eigenvalue weighted by atomic mass is 9.57. The molecule has 4 rings (SSSR count). The number of allylic oxidation sites excluding steroid dienone is 1. The van der Waals surface area contributed by atoms with Gasteiger partial charge in [0, 0.05) is 23.6 Å². The molecule has 152 valence electrons. The first-order valence-electron chi connectivity index (χ1n) is 10.2. The Morgan fingerprint density at radius 1 is 1.31 bits per heavy atom. The van der Waals surface area contributed by atoms with Crippen LogP contribution in [0.1, 0.15) is 38.4 Å². The molecule has 0 spiro atoms. The second kappa shape index (κ2) is 7.03. The molecule has 2 heterocycles. The molecule has 1 aromatic heterocycles. The lowest BCUT2D eigenvalue weighted by Crippen LogP contribution is -2.47. The molecule has 5 heteroatoms. The maximum absolute atomic E-state index is 9.65. The van der Waals surface area contributed by atoms with Gasteiger partial charge in [0.2, 0.25) is 0 Å². The van der Waals surface area contributed by atoms with Crippen LogP contribution in [0, 0.1) is 22.7 Å². The highest BCUT2D eigenvalue weighted by Crippen LogP contribution is 2.52. The fourth-order valence-corrected chi connectivity index (χ4v) is 5.49. The zero-order valence-electron chi connectivity index (χ0n) is 18.0. The van der Waals surface area contributed by atoms with E-state index in [1.807, 2.05) is 23.9 Å². The number of benzene rings is 1. The third-order valence-electron chi connectivity index (χ3n) is 6.70. The van der Waals surface area contributed by atoms with Crippen molar-refractivity contribution in [3.8, 4) is 23.1 Å². The van der Waals surface area contributed by atoms with Gasteiger partial charge >= 0.3 is 0 Å². The second-order valence-corrected chi connectivity index (χ2v) is 9.17. The maximum Gasteiger partial charge on any atom is 0.119 e. The van der Waals surface area contributed by atoms with Gasteiger partial charge < -0.3 is 9.47 Å². The summed E-state index contributed by atoms with van der Waals surface area (Å²) in [6.45, 7) is 7.82. The minimum absolute atomic E-state index is 0.00240. The lowest BCUT2D eigenvalue weighted by Gasteiger charge is -2.48. The number of ether oxygens (including phenoxy) is 2. The summed E-state index contributed by atoms with van der Waals surface area (Å²) in [6.07, 6.45) is 4.13. The van der Waals surface area contributed by atoms with Crippen molar-refractivity contribution < 1.29 is 9.47 Å². The summed E-state index contributed by atoms with van der Waals surface area (Å²) < 4.78 is 13.3. The minimum atomic E-state index is -0.305. The zero-order chi connectivity index (χ0) is 20.8. The van der Waals surface area contributed by atoms with Gasteiger partial charge in [-0.1, -0.05) is 39.0 Å². The molecular weight excluding hydrogens is 362 g/mol. The smallest absolute Gasteiger partial charge is 0.119 e. The van der Waals surface area contributed by atoms with Crippen LogP contribution in [0.3, 0.4) is 0 Å². The van der Waals surface area contributed by atoms with Crippen LogP contribution in [-0.2, 0) is 23.6 Å². The summed E-state index contributed by atoms with van der Waals surface area (Å²) in [5.41, 5.74) is 5.01. The third-order valence-corrected chi connectivity index (χ3v) is 6.70. The molecule has 1 aliphatic carbocycles. The number of nitriles is 1. The van der Waals surface area contributed by atoms with Gasteiger partial charge in [-0.25, -0.2) is 0 Å². The maximum atomic E-state index is 9.65. The molecule has 0 bridgehead atoms. The van der Waals surface area contributed by atoms with Gasteiger partial charge in [-0.15, -0.1) is 0 Å². The van der Waals surface area contributed by atoms with Crippen LogP contribution in [-0.4, -0.2) is 30.1 Å². The highest BCUT2D eigenvalue weighted by Gasteiger charge is 2.50. The van der Waals surface area contributed by atoms with Gasteiger partial charge in [0.15, 0.2) is 0 Å². The lowest BCUT2D eigenvalue weighted by molar-refractivity contribution is 0.00553. The molecule has 0 unspecified atom stereocenters. The van der Waals surface area contributed by atoms with E-state index >= 15 is 0 Å². The molecule has 0 saturated heterocycles. The van der Waals surface area contributed by atoms with E-state index in [1.54, 1.807) is 7.11 Å². The van der Waals surface area contributed by atoms with Crippen molar-refractivity contribution >= 4 is 0 Å². The Morgan fingerprint density at radius 3 is 2.83 bits per heavy atom. The third kappa shape index (κ3) is 3.16. The summed E-state index contributed by atoms with van der Waals surface area (Å²) in [5.74, 6) is 1.19. The number of hydrogen-bond acceptors (Lipinski definition) is 4. The van der Waals surface area contributed by atoms with Crippen LogP contribution in [0.25, 0.3) is 11.3 Å². The van der Waals surface area contributed by atoms with E-state index in [9.17, 15) is 5.26 Å². The molecule has 2 aromatic rings. The molecule has 29 heavy (non-hydrogen) atoms. The highest BCUT2D eigenvalue weighted by molar-refractivity contribution is 5.68. The van der Waals surface area contributed by atoms with Gasteiger partial charge in [0.05, 0.1) is 43.4 Å². The fraction of sp³-hybridized carbons (Fsp3) is 0.500. The average Bonchev–Trinajstić information content (AvgIpc) is 3.03. The van der Waals surface area contributed by atoms with Gasteiger partial charge in [0.25, 0.3) is 0 Å². The number of fused-ring (bicyclic) bond motifs is 3. The Morgan fingerprint density at radius 2 is 2.10 bits per heavy atom. The van der Waals surface area contributed by atoms with Crippen LogP contribution < -0.4 is 4.74 Å². The minimum Gasteiger partial charge on any atom is -0.497 e. The van der Waals surface area contributed by atoms with Crippen molar-refractivity contribution in [2.75, 3.05) is 20.3 Å². The normalized spacial score (nSPS) is 27.4. The van der Waals surface area contributed by atoms with Crippen molar-refractivity contribution in [1.29, 1.82) is 5.26 Å². The molecule has 1 aliphatic heterocycles. The number of rotatable bonds is 2. The molecular formula is C24H29N3O2. The summed E-state index contributed by atoms with van der Waals surface area (Å²) in [6, 6.07) is 10.5. The van der Waals surface area contributed by atoms with E-state index in [0.717, 1.165) is 35.5 Å². The molecule has 0 fully saturated rings. The predicted octanol–water partition coefficient (Wildman–Crippen LogP) is 4.42. The van der Waals surface area contributed by atoms with Gasteiger partial charge in [0.1, 0.15) is 5.75 Å². The first-order chi connectivity index (χ1) is 13.8. The largest absolute Gasteiger partial charge is 0.497 e. The second-order valence-electron chi connectivity index (χ2n) is 9.17. The predicted molar refractivity (Wildman–Crippen MR) is 113 cm³/mol. The summed E-state index contributed by atoms with van der Waals surface area (Å²) in [7, 11) is 3.70. The SMILES string of the molecule is COc1cccc(-c2c3c(nn2C)[C@@]2(C)/C=C(/C#N)COCC(C)(C)[C@@H]2CC3)c1. The quantitative estimate of drug-likeness (QED) is 0.760. The molecule has 2 aliphatic rings. The first-order valence-corrected chi connectivity index (χ1v) is 10.2. The van der Waals surface area contributed by atoms with Crippen LogP contribution in [0.2, 0.25) is 0 Å². The molecule has 5 nitrogen and oxygen atoms in total. The van der Waals surface area contributed by atoms with Gasteiger partial charge in [-0.2, -0.15) is 10.4 Å². The van der Waals surface area contributed by atoms with Crippen LogP contribution in [0.15, 0.2) is 35.9 Å². The Labute approximate surface area is 172 Å². The van der Waals surface area contributed by atoms with Gasteiger partial charge in [-0.3, -0.25) is 4.68 Å². The Bertz CT molecular complexity index is 1010. The summed E-state index contributed by atoms with van der Waals surface area (Å²) in [4.78, 5) is 0. The molecule has 0 amide bonds. The van der Waals surface area contributed by atoms with Crippen LogP contribution in [0.5, 0.6) is 5.75 Å². The number of nitrogens with zero attached hydrogens (tertiary/aromatic N) is 3. The number of aromatic nitrogens is 2. The number of methoxy groups -OCH3 is 1. The summed E-state index contributed by atoms with van der Waals surface area (Å²) >= 11 is 0. The molecule has 2 atom stereocenters. The van der Waals surface area contributed by atoms with E-state index in [0.29, 0.717) is 24.7 Å². The number of aryl methyl sites for hydroxylation is 1. The molecule has 0 radical (unpaired) electrons. The Kier molecular flexibility index (Phi) is 4.78. The molecule has 0 N–H and O–H groups in total. The standard InChI is InChI=1S/C24H29N3O2/c1-23(2)15-29-14-16(13-25)12-24(3)20(23)10-9-19-21(27(4)26-22(19)24)17-7-6-8-18(11-17)28-5/h6-8,11-12,20H,9-10,14-15H2,1-5H3/b16-12-/t20-,24-/m0/s1. The number of hydrogen-bond donors (Lipinski definition) is 0. The van der Waals surface area contributed by atoms with Crippen LogP contribution >= 0.6 is 0 Å². The Hall–Kier alpha value is -2.58. The fourth-order valence-electron chi connectivity index (χ4n) is 5.49. The Balaban J connectivity index is 1.93. The van der Waals surface area contributed by atoms with Crippen molar-refractivity contribution in [2.24, 2.45) is 18.4 Å². The van der Waals surface area contributed by atoms with Crippen molar-refractivity contribution in [1.82, 2.24) is 9.78 Å². The van der Waals surface area contributed by atoms with Crippen LogP contribution in [0.4, 0.5) is 0 Å². The average molecular weight is 392 g/mol. The van der Waals surface area contributed by atoms with Gasteiger partial charge in [-0.05, 0) is 36.3 Å². The zero-order valence-corrected chi connectivity index (χ0v) is 18.0. The van der Waals surface area contributed by atoms with E-state index in [1.165, 1.54) is 5.56 Å². The monoisotopic (exact) mass is 391 g/mol. The summed E-state index contributed by atoms with van der Waals surface area (Å²) in [5, 5.41) is 14.7. The topological polar surface area (TPSA) is 60.1 Å². The van der Waals surface area contributed by atoms with E-state index in [4.69, 9.17) is 14.6 Å². The molecule has 0 saturated carbocycles. The van der Waals surface area contributed by atoms with Crippen molar-refractivity contribution in [3.05, 3.63) is 47.2 Å².